The highest BCUT2D eigenvalue weighted by atomic mass is 127. The van der Waals surface area contributed by atoms with Gasteiger partial charge in [0.15, 0.2) is 5.96 Å². The predicted molar refractivity (Wildman–Crippen MR) is 129 cm³/mol. The molecule has 1 aliphatic rings. The Bertz CT molecular complexity index is 726. The summed E-state index contributed by atoms with van der Waals surface area (Å²) in [6, 6.07) is 15.1. The van der Waals surface area contributed by atoms with Crippen LogP contribution in [0.25, 0.3) is 10.8 Å². The van der Waals surface area contributed by atoms with Crippen LogP contribution < -0.4 is 10.6 Å². The normalized spacial score (nSPS) is 15.2. The van der Waals surface area contributed by atoms with E-state index in [1.807, 2.05) is 0 Å². The van der Waals surface area contributed by atoms with Gasteiger partial charge in [0.25, 0.3) is 0 Å². The molecule has 1 heterocycles. The highest BCUT2D eigenvalue weighted by Gasteiger charge is 2.09. The van der Waals surface area contributed by atoms with Gasteiger partial charge in [0.1, 0.15) is 0 Å². The summed E-state index contributed by atoms with van der Waals surface area (Å²) in [5, 5.41) is 9.47. The molecule has 0 radical (unpaired) electrons. The van der Waals surface area contributed by atoms with Crippen LogP contribution >= 0.6 is 24.0 Å². The van der Waals surface area contributed by atoms with Crippen molar-refractivity contribution in [3.8, 4) is 0 Å². The zero-order valence-electron chi connectivity index (χ0n) is 16.8. The second-order valence-electron chi connectivity index (χ2n) is 6.88. The minimum Gasteiger partial charge on any atom is -0.379 e. The molecule has 2 N–H and O–H groups in total. The summed E-state index contributed by atoms with van der Waals surface area (Å²) in [6.07, 6.45) is 2.07. The van der Waals surface area contributed by atoms with E-state index < -0.39 is 0 Å². The van der Waals surface area contributed by atoms with Crippen molar-refractivity contribution in [3.05, 3.63) is 48.0 Å². The molecule has 2 aromatic rings. The number of halogens is 1. The summed E-state index contributed by atoms with van der Waals surface area (Å²) in [6.45, 7) is 9.63. The van der Waals surface area contributed by atoms with Crippen molar-refractivity contribution in [2.45, 2.75) is 19.8 Å². The number of nitrogens with zero attached hydrogens (tertiary/aromatic N) is 2. The van der Waals surface area contributed by atoms with Gasteiger partial charge in [-0.25, -0.2) is 0 Å². The first kappa shape index (κ1) is 22.9. The molecule has 1 fully saturated rings. The lowest BCUT2D eigenvalue weighted by atomic mass is 10.0. The van der Waals surface area contributed by atoms with Gasteiger partial charge in [-0.2, -0.15) is 0 Å². The Labute approximate surface area is 185 Å². The molecule has 2 aromatic carbocycles. The standard InChI is InChI=1S/C22H32N4O.HI/c1-2-23-22(24-12-6-14-26-15-17-27-18-16-26)25-13-11-20-9-5-8-19-7-3-4-10-21(19)20;/h3-5,7-10H,2,6,11-18H2,1H3,(H2,23,24,25);1H. The van der Waals surface area contributed by atoms with E-state index in [1.54, 1.807) is 0 Å². The van der Waals surface area contributed by atoms with Crippen LogP contribution in [0.3, 0.4) is 0 Å². The number of hydrogen-bond donors (Lipinski definition) is 2. The molecule has 0 aliphatic carbocycles. The number of morpholine rings is 1. The maximum atomic E-state index is 5.39. The van der Waals surface area contributed by atoms with E-state index in [9.17, 15) is 0 Å². The zero-order chi connectivity index (χ0) is 18.7. The largest absolute Gasteiger partial charge is 0.379 e. The molecule has 0 saturated carbocycles. The molecule has 6 heteroatoms. The quantitative estimate of drug-likeness (QED) is 0.255. The van der Waals surface area contributed by atoms with Gasteiger partial charge in [0.05, 0.1) is 13.2 Å². The highest BCUT2D eigenvalue weighted by Crippen LogP contribution is 2.18. The Morgan fingerprint density at radius 1 is 1.07 bits per heavy atom. The zero-order valence-corrected chi connectivity index (χ0v) is 19.2. The lowest BCUT2D eigenvalue weighted by Gasteiger charge is -2.26. The van der Waals surface area contributed by atoms with Crippen LogP contribution in [0.15, 0.2) is 47.5 Å². The van der Waals surface area contributed by atoms with Crippen molar-refractivity contribution in [1.82, 2.24) is 15.5 Å². The van der Waals surface area contributed by atoms with Gasteiger partial charge in [0.2, 0.25) is 0 Å². The predicted octanol–water partition coefficient (Wildman–Crippen LogP) is 3.28. The summed E-state index contributed by atoms with van der Waals surface area (Å²) in [7, 11) is 0. The van der Waals surface area contributed by atoms with Crippen LogP contribution in [0.4, 0.5) is 0 Å². The molecule has 0 unspecified atom stereocenters. The van der Waals surface area contributed by atoms with E-state index in [1.165, 1.54) is 16.3 Å². The third kappa shape index (κ3) is 7.22. The average Bonchev–Trinajstić information content (AvgIpc) is 2.72. The van der Waals surface area contributed by atoms with Crippen molar-refractivity contribution in [3.63, 3.8) is 0 Å². The maximum absolute atomic E-state index is 5.39. The summed E-state index contributed by atoms with van der Waals surface area (Å²) in [4.78, 5) is 7.19. The minimum atomic E-state index is 0. The molecule has 1 aliphatic heterocycles. The van der Waals surface area contributed by atoms with Gasteiger partial charge in [-0.05, 0) is 36.1 Å². The minimum absolute atomic E-state index is 0. The molecule has 154 valence electrons. The Hall–Kier alpha value is -1.38. The number of fused-ring (bicyclic) bond motifs is 1. The van der Waals surface area contributed by atoms with Gasteiger partial charge in [0, 0.05) is 39.3 Å². The van der Waals surface area contributed by atoms with Gasteiger partial charge >= 0.3 is 0 Å². The van der Waals surface area contributed by atoms with E-state index in [0.29, 0.717) is 0 Å². The van der Waals surface area contributed by atoms with Crippen molar-refractivity contribution in [2.24, 2.45) is 4.99 Å². The number of ether oxygens (including phenoxy) is 1. The van der Waals surface area contributed by atoms with Crippen molar-refractivity contribution >= 4 is 40.7 Å². The lowest BCUT2D eigenvalue weighted by Crippen LogP contribution is -2.39. The Kier molecular flexibility index (Phi) is 10.6. The molecule has 0 aromatic heterocycles. The summed E-state index contributed by atoms with van der Waals surface area (Å²) >= 11 is 0. The van der Waals surface area contributed by atoms with Crippen LogP contribution in [0.5, 0.6) is 0 Å². The Morgan fingerprint density at radius 3 is 2.68 bits per heavy atom. The number of nitrogens with one attached hydrogen (secondary N) is 2. The molecular formula is C22H33IN4O. The molecule has 1 saturated heterocycles. The summed E-state index contributed by atoms with van der Waals surface area (Å²) < 4.78 is 5.39. The number of hydrogen-bond acceptors (Lipinski definition) is 3. The average molecular weight is 496 g/mol. The van der Waals surface area contributed by atoms with Crippen LogP contribution in [0.1, 0.15) is 18.9 Å². The number of rotatable bonds is 8. The Balaban J connectivity index is 0.00000280. The van der Waals surface area contributed by atoms with Gasteiger partial charge in [-0.15, -0.1) is 24.0 Å². The fourth-order valence-electron chi connectivity index (χ4n) is 3.48. The molecule has 0 bridgehead atoms. The van der Waals surface area contributed by atoms with Crippen molar-refractivity contribution in [2.75, 3.05) is 52.5 Å². The highest BCUT2D eigenvalue weighted by molar-refractivity contribution is 14.0. The number of guanidine groups is 1. The van der Waals surface area contributed by atoms with E-state index in [-0.39, 0.29) is 24.0 Å². The van der Waals surface area contributed by atoms with Crippen LogP contribution in [-0.4, -0.2) is 63.3 Å². The molecule has 5 nitrogen and oxygen atoms in total. The molecule has 3 rings (SSSR count). The van der Waals surface area contributed by atoms with E-state index in [4.69, 9.17) is 9.73 Å². The van der Waals surface area contributed by atoms with Crippen LogP contribution in [0, 0.1) is 0 Å². The van der Waals surface area contributed by atoms with Crippen molar-refractivity contribution < 1.29 is 4.74 Å². The maximum Gasteiger partial charge on any atom is 0.191 e. The number of aliphatic imine (C=N–C) groups is 1. The first-order valence-corrected chi connectivity index (χ1v) is 10.2. The summed E-state index contributed by atoms with van der Waals surface area (Å²) in [5.41, 5.74) is 1.38. The fraction of sp³-hybridized carbons (Fsp3) is 0.500. The fourth-order valence-corrected chi connectivity index (χ4v) is 3.48. The molecule has 0 atom stereocenters. The van der Waals surface area contributed by atoms with E-state index >= 15 is 0 Å². The van der Waals surface area contributed by atoms with E-state index in [0.717, 1.165) is 71.3 Å². The molecule has 28 heavy (non-hydrogen) atoms. The summed E-state index contributed by atoms with van der Waals surface area (Å²) in [5.74, 6) is 0.916. The lowest BCUT2D eigenvalue weighted by molar-refractivity contribution is 0.0377. The third-order valence-corrected chi connectivity index (χ3v) is 4.92. The SMILES string of the molecule is CCNC(=NCCCN1CCOCC1)NCCc1cccc2ccccc12.I. The second-order valence-corrected chi connectivity index (χ2v) is 6.88. The second kappa shape index (κ2) is 13.0. The van der Waals surface area contributed by atoms with Gasteiger partial charge in [-0.3, -0.25) is 9.89 Å². The van der Waals surface area contributed by atoms with Gasteiger partial charge < -0.3 is 15.4 Å². The first-order chi connectivity index (χ1) is 13.4. The van der Waals surface area contributed by atoms with Crippen molar-refractivity contribution in [1.29, 1.82) is 0 Å². The molecule has 0 amide bonds. The van der Waals surface area contributed by atoms with Crippen LogP contribution in [-0.2, 0) is 11.2 Å². The Morgan fingerprint density at radius 2 is 1.86 bits per heavy atom. The van der Waals surface area contributed by atoms with E-state index in [2.05, 4.69) is 64.9 Å². The topological polar surface area (TPSA) is 48.9 Å². The number of benzene rings is 2. The monoisotopic (exact) mass is 496 g/mol. The van der Waals surface area contributed by atoms with Gasteiger partial charge in [-0.1, -0.05) is 42.5 Å². The van der Waals surface area contributed by atoms with Crippen LogP contribution in [0.2, 0.25) is 0 Å². The molecular weight excluding hydrogens is 463 g/mol. The third-order valence-electron chi connectivity index (χ3n) is 4.92. The first-order valence-electron chi connectivity index (χ1n) is 10.2. The smallest absolute Gasteiger partial charge is 0.191 e. The molecule has 0 spiro atoms.